The summed E-state index contributed by atoms with van der Waals surface area (Å²) in [5.41, 5.74) is 1.89. The van der Waals surface area contributed by atoms with E-state index in [9.17, 15) is 29.0 Å². The summed E-state index contributed by atoms with van der Waals surface area (Å²) in [7, 11) is -8.25. The number of aromatic hydroxyl groups is 2. The Morgan fingerprint density at radius 1 is 0.519 bits per heavy atom. The first-order valence-electron chi connectivity index (χ1n) is 25.2. The van der Waals surface area contributed by atoms with Crippen molar-refractivity contribution in [2.45, 2.75) is 198 Å². The second-order valence-electron chi connectivity index (χ2n) is 24.5. The minimum Gasteiger partial charge on any atom is -0.543 e. The van der Waals surface area contributed by atoms with Crippen molar-refractivity contribution < 1.29 is 47.6 Å². The van der Waals surface area contributed by atoms with Crippen LogP contribution in [-0.2, 0) is 28.7 Å². The standard InChI is InChI=1S/C22H35BrO4Si2.C16H21BrO4Si.C10H7BrO4.C6H15ClSi.CH3F.3CH4/c1-21(2,3)28(7,8)25-14-15-11-20(24)26-18-13-19(17(23)12-16(15)18)27-29(9,10)22(4,5)6;1-16(2,3)22(4,5)20-9-10-6-15(19)21-14-8-13(18)12(17)7-11(10)14;11-7-2-6-5(4-12)1-10(14)15-9(6)3-8(7)13;1-6(2,3)8(4,5)7;1-2;;;/h11-13H,14H2,1-10H3;6-8,18H,9H2,1-5H3;1-3,12-13H,4H2;1-5H3;1H3;3*1H4/i;;;;1D;;;. The number of hydrogen-bond acceptors (Lipinski definition) is 12. The van der Waals surface area contributed by atoms with Crippen molar-refractivity contribution in [3.05, 3.63) is 116 Å². The van der Waals surface area contributed by atoms with Gasteiger partial charge in [0.05, 0.1) is 41.8 Å². The van der Waals surface area contributed by atoms with Crippen LogP contribution < -0.4 is 21.3 Å². The second kappa shape index (κ2) is 30.1. The summed E-state index contributed by atoms with van der Waals surface area (Å²) < 4.78 is 52.0. The maximum absolute atomic E-state index is 12.2. The zero-order valence-corrected chi connectivity index (χ0v) is 57.4. The lowest BCUT2D eigenvalue weighted by molar-refractivity contribution is 0.276. The van der Waals surface area contributed by atoms with Crippen LogP contribution >= 0.6 is 58.9 Å². The monoisotopic (exact) mass is 1390 g/mol. The number of rotatable bonds is 9. The van der Waals surface area contributed by atoms with E-state index in [2.05, 4.69) is 183 Å². The van der Waals surface area contributed by atoms with Gasteiger partial charge in [-0.3, -0.25) is 4.39 Å². The molecule has 0 radical (unpaired) electrons. The zero-order chi connectivity index (χ0) is 59.8. The molecule has 0 saturated carbocycles. The van der Waals surface area contributed by atoms with E-state index in [4.69, 9.17) is 44.1 Å². The molecule has 0 saturated heterocycles. The van der Waals surface area contributed by atoms with E-state index in [0.717, 1.165) is 32.1 Å². The maximum Gasteiger partial charge on any atom is 0.336 e. The van der Waals surface area contributed by atoms with Crippen molar-refractivity contribution >= 4 is 124 Å². The SMILES string of the molecule is C.C.C.CC(C)(C)[Si](C)(C)Cl.CC(C)(C)[Si](C)(C)OCc1cc(=O)oc2cc(O)c(Br)cc12.CC(C)(C)[Si](C)(C)OCc1cc(=O)oc2cc(O[Si](C)(C)C(C)(C)C)c(Br)cc12.O=c1cc(CO)c2cc(Br)c(O)cc2o1.[2H]CF. The lowest BCUT2D eigenvalue weighted by Crippen LogP contribution is -2.43. The van der Waals surface area contributed by atoms with Crippen LogP contribution in [0.3, 0.4) is 0 Å². The Morgan fingerprint density at radius 2 is 0.797 bits per heavy atom. The minimum absolute atomic E-state index is 0. The van der Waals surface area contributed by atoms with Crippen LogP contribution in [-0.4, -0.2) is 54.8 Å². The summed E-state index contributed by atoms with van der Waals surface area (Å²) in [4.78, 5) is 35.0. The molecule has 3 N–H and O–H groups in total. The molecule has 3 heterocycles. The number of alkyl halides is 1. The lowest BCUT2D eigenvalue weighted by atomic mass is 10.1. The molecule has 0 aliphatic heterocycles. The fourth-order valence-corrected chi connectivity index (χ4v) is 9.71. The predicted octanol–water partition coefficient (Wildman–Crippen LogP) is 19.7. The first-order valence-corrected chi connectivity index (χ1v) is 39.6. The van der Waals surface area contributed by atoms with Gasteiger partial charge in [-0.1, -0.05) is 118 Å². The van der Waals surface area contributed by atoms with Crippen LogP contribution in [0.2, 0.25) is 72.5 Å². The van der Waals surface area contributed by atoms with Gasteiger partial charge in [0.1, 0.15) is 34.0 Å². The highest BCUT2D eigenvalue weighted by Crippen LogP contribution is 2.43. The largest absolute Gasteiger partial charge is 0.543 e. The molecule has 448 valence electrons. The lowest BCUT2D eigenvalue weighted by Gasteiger charge is -2.37. The fourth-order valence-electron chi connectivity index (χ4n) is 5.52. The molecule has 0 spiro atoms. The van der Waals surface area contributed by atoms with E-state index < -0.39 is 50.7 Å². The molecular formula is C58H93Br3ClFO12Si4. The molecule has 0 unspecified atom stereocenters. The quantitative estimate of drug-likeness (QED) is 0.0710. The van der Waals surface area contributed by atoms with Crippen LogP contribution in [0, 0.1) is 0 Å². The Hall–Kier alpha value is -2.90. The molecule has 3 aromatic carbocycles. The second-order valence-corrected chi connectivity index (χ2v) is 48.7. The van der Waals surface area contributed by atoms with E-state index in [1.54, 1.807) is 12.1 Å². The third kappa shape index (κ3) is 21.7. The summed E-state index contributed by atoms with van der Waals surface area (Å²) in [5.74, 6) is 0.744. The normalized spacial score (nSPS) is 12.4. The Balaban J connectivity index is 0. The van der Waals surface area contributed by atoms with Crippen LogP contribution in [0.1, 0.15) is 123 Å². The molecule has 3 aromatic heterocycles. The number of aliphatic hydroxyl groups is 1. The third-order valence-electron chi connectivity index (χ3n) is 14.6. The van der Waals surface area contributed by atoms with Crippen LogP contribution in [0.25, 0.3) is 32.9 Å². The molecule has 0 aliphatic carbocycles. The summed E-state index contributed by atoms with van der Waals surface area (Å²) in [5, 5.41) is 31.0. The fraction of sp³-hybridized carbons (Fsp3) is 0.534. The van der Waals surface area contributed by atoms with E-state index in [1.807, 2.05) is 12.1 Å². The van der Waals surface area contributed by atoms with Crippen molar-refractivity contribution in [2.24, 2.45) is 0 Å². The predicted molar refractivity (Wildman–Crippen MR) is 352 cm³/mol. The first kappa shape index (κ1) is 76.1. The smallest absolute Gasteiger partial charge is 0.336 e. The van der Waals surface area contributed by atoms with Gasteiger partial charge in [0.25, 0.3) is 8.32 Å². The van der Waals surface area contributed by atoms with Gasteiger partial charge in [-0.25, -0.2) is 14.4 Å². The topological polar surface area (TPSA) is 179 Å². The van der Waals surface area contributed by atoms with Gasteiger partial charge < -0.3 is 41.8 Å². The molecule has 79 heavy (non-hydrogen) atoms. The van der Waals surface area contributed by atoms with Gasteiger partial charge in [0.2, 0.25) is 0 Å². The van der Waals surface area contributed by atoms with Gasteiger partial charge in [-0.2, -0.15) is 11.1 Å². The van der Waals surface area contributed by atoms with E-state index >= 15 is 0 Å². The Bertz CT molecular complexity index is 3140. The summed E-state index contributed by atoms with van der Waals surface area (Å²) >= 11 is 16.2. The number of phenols is 2. The summed E-state index contributed by atoms with van der Waals surface area (Å²) in [6, 6.07) is 14.1. The number of aliphatic hydroxyl groups excluding tert-OH is 1. The van der Waals surface area contributed by atoms with E-state index in [1.165, 1.54) is 30.3 Å². The van der Waals surface area contributed by atoms with Gasteiger partial charge in [0, 0.05) is 52.6 Å². The van der Waals surface area contributed by atoms with Gasteiger partial charge in [-0.05, 0) is 142 Å². The molecule has 0 aliphatic rings. The Morgan fingerprint density at radius 3 is 1.09 bits per heavy atom. The van der Waals surface area contributed by atoms with Crippen molar-refractivity contribution in [3.63, 3.8) is 0 Å². The van der Waals surface area contributed by atoms with Crippen LogP contribution in [0.5, 0.6) is 17.2 Å². The Kier molecular flexibility index (Phi) is 29.0. The highest BCUT2D eigenvalue weighted by Gasteiger charge is 2.40. The number of benzene rings is 3. The number of phenolic OH excluding ortho intramolecular Hbond substituents is 2. The van der Waals surface area contributed by atoms with Crippen molar-refractivity contribution in [1.82, 2.24) is 0 Å². The molecule has 21 heteroatoms. The molecule has 12 nitrogen and oxygen atoms in total. The first-order chi connectivity index (χ1) is 34.7. The molecule has 6 aromatic rings. The number of hydrogen-bond donors (Lipinski definition) is 3. The minimum atomic E-state index is -2.02. The third-order valence-corrected chi connectivity index (χ3v) is 35.0. The van der Waals surface area contributed by atoms with E-state index in [-0.39, 0.29) is 66.7 Å². The molecule has 0 bridgehead atoms. The highest BCUT2D eigenvalue weighted by molar-refractivity contribution is 9.11. The van der Waals surface area contributed by atoms with Crippen molar-refractivity contribution in [3.8, 4) is 17.2 Å². The van der Waals surface area contributed by atoms with Gasteiger partial charge in [-0.15, -0.1) is 0 Å². The van der Waals surface area contributed by atoms with Crippen LogP contribution in [0.15, 0.2) is 95.7 Å². The van der Waals surface area contributed by atoms with Crippen molar-refractivity contribution in [2.75, 3.05) is 7.15 Å². The average molecular weight is 1390 g/mol. The highest BCUT2D eigenvalue weighted by atomic mass is 79.9. The van der Waals surface area contributed by atoms with Gasteiger partial charge in [0.15, 0.2) is 24.0 Å². The molecular weight excluding hydrogens is 1300 g/mol. The average Bonchev–Trinajstić information content (AvgIpc) is 3.25. The summed E-state index contributed by atoms with van der Waals surface area (Å²) in [6.45, 7) is 44.3. The number of fused-ring (bicyclic) bond motifs is 3. The maximum atomic E-state index is 12.2. The van der Waals surface area contributed by atoms with Crippen molar-refractivity contribution in [1.29, 1.82) is 0 Å². The molecule has 6 rings (SSSR count). The molecule has 0 atom stereocenters. The molecule has 0 amide bonds. The van der Waals surface area contributed by atoms with Gasteiger partial charge >= 0.3 is 16.9 Å². The number of halogens is 5. The Labute approximate surface area is 506 Å². The van der Waals surface area contributed by atoms with Crippen LogP contribution in [0.4, 0.5) is 4.39 Å². The van der Waals surface area contributed by atoms with E-state index in [0.29, 0.717) is 49.3 Å². The molecule has 0 fully saturated rings. The zero-order valence-electron chi connectivity index (χ0n) is 48.9. The summed E-state index contributed by atoms with van der Waals surface area (Å²) in [6.07, 6.45) is 0.